The first-order chi connectivity index (χ1) is 18.1. The van der Waals surface area contributed by atoms with Gasteiger partial charge >= 0.3 is 5.97 Å². The fourth-order valence-electron chi connectivity index (χ4n) is 4.43. The molecule has 3 aromatic rings. The van der Waals surface area contributed by atoms with Crippen LogP contribution in [0.5, 0.6) is 5.75 Å². The molecule has 1 N–H and O–H groups in total. The predicted molar refractivity (Wildman–Crippen MR) is 150 cm³/mol. The highest BCUT2D eigenvalue weighted by atomic mass is 35.5. The van der Waals surface area contributed by atoms with E-state index in [2.05, 4.69) is 0 Å². The molecule has 2 atom stereocenters. The van der Waals surface area contributed by atoms with E-state index in [-0.39, 0.29) is 29.1 Å². The van der Waals surface area contributed by atoms with E-state index in [1.54, 1.807) is 61.9 Å². The largest absolute Gasteiger partial charge is 0.497 e. The van der Waals surface area contributed by atoms with E-state index in [4.69, 9.17) is 16.3 Å². The molecule has 2 aromatic carbocycles. The van der Waals surface area contributed by atoms with Gasteiger partial charge in [-0.3, -0.25) is 19.0 Å². The second-order valence-corrected chi connectivity index (χ2v) is 11.5. The van der Waals surface area contributed by atoms with E-state index in [9.17, 15) is 24.3 Å². The van der Waals surface area contributed by atoms with Crippen LogP contribution in [0.25, 0.3) is 10.9 Å². The predicted octanol–water partition coefficient (Wildman–Crippen LogP) is 4.72. The smallest absolute Gasteiger partial charge is 0.327 e. The van der Waals surface area contributed by atoms with Gasteiger partial charge in [-0.1, -0.05) is 30.3 Å². The number of thioether (sulfide) groups is 2. The molecule has 1 saturated heterocycles. The van der Waals surface area contributed by atoms with Gasteiger partial charge in [-0.15, -0.1) is 11.8 Å². The molecule has 1 fully saturated rings. The summed E-state index contributed by atoms with van der Waals surface area (Å²) in [6.45, 7) is 3.51. The van der Waals surface area contributed by atoms with Crippen molar-refractivity contribution in [2.45, 2.75) is 26.3 Å². The Morgan fingerprint density at radius 1 is 1.18 bits per heavy atom. The summed E-state index contributed by atoms with van der Waals surface area (Å²) in [5.74, 6) is -0.512. The minimum absolute atomic E-state index is 0.0549. The van der Waals surface area contributed by atoms with Crippen LogP contribution in [0.3, 0.4) is 0 Å². The number of nitrogens with zero attached hydrogens (tertiary/aromatic N) is 2. The summed E-state index contributed by atoms with van der Waals surface area (Å²) in [6.07, 6.45) is 0.0549. The third kappa shape index (κ3) is 5.72. The lowest BCUT2D eigenvalue weighted by Crippen LogP contribution is -2.44. The maximum Gasteiger partial charge on any atom is 0.327 e. The number of halogens is 1. The van der Waals surface area contributed by atoms with Gasteiger partial charge in [0, 0.05) is 45.5 Å². The van der Waals surface area contributed by atoms with Crippen LogP contribution in [0.15, 0.2) is 42.5 Å². The van der Waals surface area contributed by atoms with Crippen molar-refractivity contribution in [2.24, 2.45) is 5.92 Å². The van der Waals surface area contributed by atoms with Crippen LogP contribution in [0, 0.1) is 12.8 Å². The molecule has 0 saturated carbocycles. The molecule has 1 aromatic heterocycles. The molecule has 1 aliphatic rings. The Morgan fingerprint density at radius 2 is 1.89 bits per heavy atom. The zero-order chi connectivity index (χ0) is 27.6. The van der Waals surface area contributed by atoms with Crippen LogP contribution < -0.4 is 4.74 Å². The first-order valence-corrected chi connectivity index (χ1v) is 14.4. The molecule has 1 aliphatic heterocycles. The fraction of sp³-hybridized carbons (Fsp3) is 0.333. The fourth-order valence-corrected chi connectivity index (χ4v) is 6.53. The number of amides is 1. The number of rotatable bonds is 8. The van der Waals surface area contributed by atoms with Crippen LogP contribution in [-0.2, 0) is 20.8 Å². The lowest BCUT2D eigenvalue weighted by Gasteiger charge is -2.23. The highest BCUT2D eigenvalue weighted by Crippen LogP contribution is 2.32. The van der Waals surface area contributed by atoms with Crippen LogP contribution in [0.4, 0.5) is 0 Å². The molecular formula is C27H27ClN2O6S2. The number of hydrogen-bond acceptors (Lipinski definition) is 7. The Labute approximate surface area is 233 Å². The zero-order valence-electron chi connectivity index (χ0n) is 21.1. The summed E-state index contributed by atoms with van der Waals surface area (Å²) in [5, 5.41) is 10.5. The number of carboxylic acid groups (broad SMARTS) is 1. The second-order valence-electron chi connectivity index (χ2n) is 9.02. The first-order valence-electron chi connectivity index (χ1n) is 11.9. The number of benzene rings is 2. The lowest BCUT2D eigenvalue weighted by molar-refractivity contribution is -0.148. The molecule has 11 heteroatoms. The van der Waals surface area contributed by atoms with Crippen LogP contribution in [0.1, 0.15) is 28.5 Å². The van der Waals surface area contributed by atoms with Crippen molar-refractivity contribution in [3.63, 3.8) is 0 Å². The Hall–Kier alpha value is -2.95. The molecule has 2 heterocycles. The maximum absolute atomic E-state index is 13.4. The van der Waals surface area contributed by atoms with Crippen molar-refractivity contribution >= 4 is 68.9 Å². The van der Waals surface area contributed by atoms with Gasteiger partial charge in [-0.25, -0.2) is 4.79 Å². The van der Waals surface area contributed by atoms with Crippen LogP contribution in [-0.4, -0.2) is 68.0 Å². The quantitative estimate of drug-likeness (QED) is 0.412. The number of aliphatic carboxylic acids is 1. The van der Waals surface area contributed by atoms with E-state index in [0.717, 1.165) is 17.1 Å². The number of methoxy groups -OCH3 is 1. The molecule has 4 rings (SSSR count). The zero-order valence-corrected chi connectivity index (χ0v) is 23.5. The molecule has 0 spiro atoms. The summed E-state index contributed by atoms with van der Waals surface area (Å²) in [4.78, 5) is 52.2. The molecule has 0 unspecified atom stereocenters. The monoisotopic (exact) mass is 574 g/mol. The molecule has 38 heavy (non-hydrogen) atoms. The Kier molecular flexibility index (Phi) is 8.74. The van der Waals surface area contributed by atoms with Gasteiger partial charge in [0.2, 0.25) is 5.91 Å². The van der Waals surface area contributed by atoms with Crippen LogP contribution >= 0.6 is 35.1 Å². The van der Waals surface area contributed by atoms with E-state index in [1.807, 2.05) is 6.07 Å². The number of hydrogen-bond donors (Lipinski definition) is 1. The van der Waals surface area contributed by atoms with Crippen molar-refractivity contribution in [3.8, 4) is 5.75 Å². The maximum atomic E-state index is 13.4. The molecular weight excluding hydrogens is 548 g/mol. The highest BCUT2D eigenvalue weighted by molar-refractivity contribution is 8.13. The summed E-state index contributed by atoms with van der Waals surface area (Å²) >= 11 is 8.43. The van der Waals surface area contributed by atoms with Crippen molar-refractivity contribution in [1.29, 1.82) is 0 Å². The average molecular weight is 575 g/mol. The third-order valence-electron chi connectivity index (χ3n) is 6.52. The van der Waals surface area contributed by atoms with Crippen molar-refractivity contribution in [2.75, 3.05) is 24.5 Å². The van der Waals surface area contributed by atoms with E-state index < -0.39 is 17.9 Å². The van der Waals surface area contributed by atoms with Crippen molar-refractivity contribution in [1.82, 2.24) is 9.47 Å². The number of carbonyl (C=O) groups is 4. The molecule has 200 valence electrons. The summed E-state index contributed by atoms with van der Waals surface area (Å²) in [5.41, 5.74) is 2.47. The minimum Gasteiger partial charge on any atom is -0.497 e. The van der Waals surface area contributed by atoms with Crippen molar-refractivity contribution < 1.29 is 29.0 Å². The normalized spacial score (nSPS) is 16.0. The number of carbonyl (C=O) groups excluding carboxylic acids is 3. The van der Waals surface area contributed by atoms with E-state index in [1.165, 1.54) is 16.7 Å². The number of carboxylic acids is 1. The van der Waals surface area contributed by atoms with Gasteiger partial charge in [0.25, 0.3) is 5.91 Å². The Balaban J connectivity index is 1.55. The standard InChI is InChI=1S/C27H27ClN2O6S2/c1-15(25(32)29-14-37-13-23(29)27(34)35)12-38-24(31)11-20-16(2)30(22-9-8-19(36-3)10-21(20)22)26(33)17-4-6-18(28)7-5-17/h4-10,15,23H,11-14H2,1-3H3,(H,34,35)/t15-,23+/m1/s1. The minimum atomic E-state index is -1.02. The van der Waals surface area contributed by atoms with Gasteiger partial charge in [-0.2, -0.15) is 0 Å². The molecule has 1 amide bonds. The van der Waals surface area contributed by atoms with Gasteiger partial charge in [0.1, 0.15) is 11.8 Å². The van der Waals surface area contributed by atoms with Gasteiger partial charge in [-0.05, 0) is 55.0 Å². The molecule has 8 nitrogen and oxygen atoms in total. The number of aromatic nitrogens is 1. The average Bonchev–Trinajstić information content (AvgIpc) is 3.50. The highest BCUT2D eigenvalue weighted by Gasteiger charge is 2.36. The second kappa shape index (κ2) is 11.8. The Bertz CT molecular complexity index is 1400. The molecule has 0 bridgehead atoms. The molecule has 0 radical (unpaired) electrons. The Morgan fingerprint density at radius 3 is 2.55 bits per heavy atom. The number of fused-ring (bicyclic) bond motifs is 1. The van der Waals surface area contributed by atoms with E-state index in [0.29, 0.717) is 44.7 Å². The van der Waals surface area contributed by atoms with E-state index >= 15 is 0 Å². The third-order valence-corrected chi connectivity index (χ3v) is 8.92. The van der Waals surface area contributed by atoms with Gasteiger partial charge in [0.15, 0.2) is 5.12 Å². The molecule has 0 aliphatic carbocycles. The first kappa shape index (κ1) is 28.1. The summed E-state index contributed by atoms with van der Waals surface area (Å²) in [6, 6.07) is 11.2. The van der Waals surface area contributed by atoms with Crippen LogP contribution in [0.2, 0.25) is 5.02 Å². The van der Waals surface area contributed by atoms with Gasteiger partial charge in [0.05, 0.1) is 18.5 Å². The SMILES string of the molecule is COc1ccc2c(c1)c(CC(=O)SC[C@@H](C)C(=O)N1CSC[C@H]1C(=O)O)c(C)n2C(=O)c1ccc(Cl)cc1. The summed E-state index contributed by atoms with van der Waals surface area (Å²) in [7, 11) is 1.55. The topological polar surface area (TPSA) is 106 Å². The lowest BCUT2D eigenvalue weighted by atomic mass is 10.1. The number of ether oxygens (including phenoxy) is 1. The van der Waals surface area contributed by atoms with Crippen molar-refractivity contribution in [3.05, 3.63) is 64.3 Å². The summed E-state index contributed by atoms with van der Waals surface area (Å²) < 4.78 is 6.98. The van der Waals surface area contributed by atoms with Gasteiger partial charge < -0.3 is 14.7 Å².